The summed E-state index contributed by atoms with van der Waals surface area (Å²) in [4.78, 5) is 2.76. The van der Waals surface area contributed by atoms with Crippen molar-refractivity contribution in [2.75, 3.05) is 20.1 Å². The maximum Gasteiger partial charge on any atom is 0.0145 e. The van der Waals surface area contributed by atoms with E-state index in [0.717, 1.165) is 23.9 Å². The predicted octanol–water partition coefficient (Wildman–Crippen LogP) is 1.08. The molecule has 0 radical (unpaired) electrons. The Kier molecular flexibility index (Phi) is 1.88. The molecule has 0 aromatic rings. The highest BCUT2D eigenvalue weighted by atomic mass is 15.2. The van der Waals surface area contributed by atoms with Crippen molar-refractivity contribution in [1.82, 2.24) is 10.2 Å². The molecule has 1 heterocycles. The normalized spacial score (nSPS) is 45.5. The Morgan fingerprint density at radius 1 is 1.00 bits per heavy atom. The van der Waals surface area contributed by atoms with E-state index in [1.807, 2.05) is 0 Å². The fraction of sp³-hybridized carbons (Fsp3) is 1.00. The van der Waals surface area contributed by atoms with E-state index in [9.17, 15) is 0 Å². The molecule has 3 aliphatic rings. The number of piperidine rings is 1. The summed E-state index contributed by atoms with van der Waals surface area (Å²) in [7, 11) is 2.14. The Bertz CT molecular complexity index is 186. The lowest BCUT2D eigenvalue weighted by atomic mass is 9.92. The third kappa shape index (κ3) is 1.31. The molecule has 1 saturated heterocycles. The van der Waals surface area contributed by atoms with Crippen LogP contribution in [0.2, 0.25) is 0 Å². The van der Waals surface area contributed by atoms with Gasteiger partial charge in [-0.2, -0.15) is 0 Å². The summed E-state index contributed by atoms with van der Waals surface area (Å²) in [6.07, 6.45) is 5.89. The van der Waals surface area contributed by atoms with E-state index in [-0.39, 0.29) is 0 Å². The van der Waals surface area contributed by atoms with E-state index in [1.54, 1.807) is 0 Å². The van der Waals surface area contributed by atoms with Gasteiger partial charge in [0.2, 0.25) is 0 Å². The maximum atomic E-state index is 3.52. The number of hydrogen-bond acceptors (Lipinski definition) is 2. The van der Waals surface area contributed by atoms with Crippen LogP contribution in [-0.4, -0.2) is 37.1 Å². The van der Waals surface area contributed by atoms with Gasteiger partial charge in [0, 0.05) is 25.2 Å². The highest BCUT2D eigenvalue weighted by molar-refractivity contribution is 5.00. The number of nitrogens with one attached hydrogen (secondary N) is 1. The second-order valence-corrected chi connectivity index (χ2v) is 5.10. The number of fused-ring (bicyclic) bond motifs is 2. The van der Waals surface area contributed by atoms with Crippen LogP contribution in [0.5, 0.6) is 0 Å². The summed E-state index contributed by atoms with van der Waals surface area (Å²) < 4.78 is 0. The van der Waals surface area contributed by atoms with Crippen LogP contribution in [0.1, 0.15) is 25.7 Å². The molecule has 74 valence electrons. The Hall–Kier alpha value is -0.0800. The van der Waals surface area contributed by atoms with Crippen molar-refractivity contribution in [1.29, 1.82) is 0 Å². The molecule has 2 atom stereocenters. The molecule has 2 aliphatic carbocycles. The summed E-state index contributed by atoms with van der Waals surface area (Å²) in [6, 6.07) is 1.83. The molecule has 3 fully saturated rings. The van der Waals surface area contributed by atoms with Crippen LogP contribution < -0.4 is 5.32 Å². The van der Waals surface area contributed by atoms with E-state index in [2.05, 4.69) is 17.3 Å². The van der Waals surface area contributed by atoms with Crippen molar-refractivity contribution >= 4 is 0 Å². The van der Waals surface area contributed by atoms with E-state index in [4.69, 9.17) is 0 Å². The molecule has 2 bridgehead atoms. The average molecular weight is 180 g/mol. The fourth-order valence-electron chi connectivity index (χ4n) is 3.47. The molecule has 3 rings (SSSR count). The minimum absolute atomic E-state index is 0.843. The zero-order valence-corrected chi connectivity index (χ0v) is 8.50. The van der Waals surface area contributed by atoms with Crippen LogP contribution in [0.25, 0.3) is 0 Å². The number of nitrogens with zero attached hydrogens (tertiary/aromatic N) is 1. The summed E-state index contributed by atoms with van der Waals surface area (Å²) in [5, 5.41) is 3.52. The lowest BCUT2D eigenvalue weighted by molar-refractivity contribution is 0.126. The minimum Gasteiger partial charge on any atom is -0.316 e. The molecule has 0 spiro atoms. The molecular formula is C11H20N2. The first kappa shape index (κ1) is 8.25. The molecule has 0 aromatic carbocycles. The van der Waals surface area contributed by atoms with Crippen LogP contribution in [0.4, 0.5) is 0 Å². The third-order valence-electron chi connectivity index (χ3n) is 4.26. The van der Waals surface area contributed by atoms with Crippen molar-refractivity contribution in [3.63, 3.8) is 0 Å². The predicted molar refractivity (Wildman–Crippen MR) is 53.7 cm³/mol. The van der Waals surface area contributed by atoms with Gasteiger partial charge >= 0.3 is 0 Å². The van der Waals surface area contributed by atoms with Crippen molar-refractivity contribution in [3.8, 4) is 0 Å². The Morgan fingerprint density at radius 2 is 1.62 bits per heavy atom. The lowest BCUT2D eigenvalue weighted by Crippen LogP contribution is -2.50. The summed E-state index contributed by atoms with van der Waals surface area (Å²) in [5.74, 6) is 1.92. The smallest absolute Gasteiger partial charge is 0.0145 e. The van der Waals surface area contributed by atoms with Crippen LogP contribution in [0.15, 0.2) is 0 Å². The largest absolute Gasteiger partial charge is 0.316 e. The van der Waals surface area contributed by atoms with E-state index >= 15 is 0 Å². The van der Waals surface area contributed by atoms with Crippen molar-refractivity contribution < 1.29 is 0 Å². The van der Waals surface area contributed by atoms with Crippen LogP contribution in [0.3, 0.4) is 0 Å². The first-order valence-electron chi connectivity index (χ1n) is 5.80. The highest BCUT2D eigenvalue weighted by Gasteiger charge is 2.44. The van der Waals surface area contributed by atoms with E-state index in [1.165, 1.54) is 38.8 Å². The van der Waals surface area contributed by atoms with Crippen molar-refractivity contribution in [2.45, 2.75) is 37.8 Å². The average Bonchev–Trinajstić information content (AvgIpc) is 2.92. The Morgan fingerprint density at radius 3 is 2.08 bits per heavy atom. The highest BCUT2D eigenvalue weighted by Crippen LogP contribution is 2.40. The molecule has 2 unspecified atom stereocenters. The fourth-order valence-corrected chi connectivity index (χ4v) is 3.47. The zero-order chi connectivity index (χ0) is 8.84. The second-order valence-electron chi connectivity index (χ2n) is 5.10. The molecule has 1 aliphatic heterocycles. The monoisotopic (exact) mass is 180 g/mol. The van der Waals surface area contributed by atoms with Gasteiger partial charge in [0.1, 0.15) is 0 Å². The molecule has 0 aromatic heterocycles. The Balaban J connectivity index is 1.70. The molecule has 1 N–H and O–H groups in total. The number of rotatable bonds is 2. The Labute approximate surface area is 80.7 Å². The van der Waals surface area contributed by atoms with Crippen LogP contribution in [0, 0.1) is 11.8 Å². The van der Waals surface area contributed by atoms with Crippen molar-refractivity contribution in [2.24, 2.45) is 11.8 Å². The molecule has 2 heteroatoms. The maximum absolute atomic E-state index is 3.52. The number of likely N-dealkylation sites (tertiary alicyclic amines) is 1. The third-order valence-corrected chi connectivity index (χ3v) is 4.26. The van der Waals surface area contributed by atoms with Gasteiger partial charge in [0.15, 0.2) is 0 Å². The quantitative estimate of drug-likeness (QED) is 0.684. The molecular weight excluding hydrogens is 160 g/mol. The summed E-state index contributed by atoms with van der Waals surface area (Å²) in [6.45, 7) is 2.76. The van der Waals surface area contributed by atoms with E-state index in [0.29, 0.717) is 0 Å². The molecule has 0 amide bonds. The van der Waals surface area contributed by atoms with Gasteiger partial charge in [-0.15, -0.1) is 0 Å². The number of hydrogen-bond donors (Lipinski definition) is 1. The van der Waals surface area contributed by atoms with Gasteiger partial charge in [0.05, 0.1) is 0 Å². The van der Waals surface area contributed by atoms with Gasteiger partial charge in [-0.25, -0.2) is 0 Å². The second kappa shape index (κ2) is 2.96. The lowest BCUT2D eigenvalue weighted by Gasteiger charge is -2.38. The van der Waals surface area contributed by atoms with Gasteiger partial charge in [-0.3, -0.25) is 4.90 Å². The zero-order valence-electron chi connectivity index (χ0n) is 8.50. The summed E-state index contributed by atoms with van der Waals surface area (Å²) >= 11 is 0. The van der Waals surface area contributed by atoms with Gasteiger partial charge < -0.3 is 5.32 Å². The van der Waals surface area contributed by atoms with E-state index < -0.39 is 0 Å². The first-order valence-corrected chi connectivity index (χ1v) is 5.80. The molecule has 13 heavy (non-hydrogen) atoms. The van der Waals surface area contributed by atoms with Gasteiger partial charge in [0.25, 0.3) is 0 Å². The SMILES string of the molecule is CNC1C2CCC1CN(C1CC1)C2. The van der Waals surface area contributed by atoms with Gasteiger partial charge in [-0.1, -0.05) is 0 Å². The first-order chi connectivity index (χ1) is 6.38. The van der Waals surface area contributed by atoms with Gasteiger partial charge in [-0.05, 0) is 44.6 Å². The standard InChI is InChI=1S/C11H20N2/c1-12-11-8-2-3-9(11)7-13(6-8)10-4-5-10/h8-12H,2-7H2,1H3. The minimum atomic E-state index is 0.843. The molecule has 2 nitrogen and oxygen atoms in total. The topological polar surface area (TPSA) is 15.3 Å². The summed E-state index contributed by atoms with van der Waals surface area (Å²) in [5.41, 5.74) is 0. The van der Waals surface area contributed by atoms with Crippen molar-refractivity contribution in [3.05, 3.63) is 0 Å². The molecule has 2 saturated carbocycles. The van der Waals surface area contributed by atoms with Crippen LogP contribution in [-0.2, 0) is 0 Å². The van der Waals surface area contributed by atoms with Crippen LogP contribution >= 0.6 is 0 Å².